The first kappa shape index (κ1) is 28.0. The molecule has 4 nitrogen and oxygen atoms in total. The third-order valence-corrected chi connectivity index (χ3v) is 6.51. The quantitative estimate of drug-likeness (QED) is 0.252. The van der Waals surface area contributed by atoms with Crippen molar-refractivity contribution < 1.29 is 19.5 Å². The van der Waals surface area contributed by atoms with Crippen LogP contribution in [0.1, 0.15) is 100 Å². The average Bonchev–Trinajstić information content (AvgIpc) is 2.82. The molecule has 0 amide bonds. The van der Waals surface area contributed by atoms with Gasteiger partial charge in [0.15, 0.2) is 11.6 Å². The molecule has 0 bridgehead atoms. The van der Waals surface area contributed by atoms with Gasteiger partial charge >= 0.3 is 0 Å². The summed E-state index contributed by atoms with van der Waals surface area (Å²) in [5.74, 6) is -1.19. The average molecular weight is 474 g/mol. The van der Waals surface area contributed by atoms with E-state index in [0.717, 1.165) is 32.1 Å². The molecule has 0 spiro atoms. The molecule has 0 unspecified atom stereocenters. The van der Waals surface area contributed by atoms with E-state index in [-0.39, 0.29) is 17.1 Å². The second kappa shape index (κ2) is 13.6. The number of fused-ring (bicyclic) bond motifs is 1. The first-order chi connectivity index (χ1) is 16.6. The number of rotatable bonds is 12. The van der Waals surface area contributed by atoms with E-state index in [1.54, 1.807) is 44.2 Å². The second-order valence-electron chi connectivity index (χ2n) is 9.45. The minimum atomic E-state index is -1.10. The van der Waals surface area contributed by atoms with Crippen LogP contribution < -0.4 is 5.11 Å². The van der Waals surface area contributed by atoms with Crippen LogP contribution in [0.5, 0.6) is 0 Å². The number of aliphatic carboxylic acids is 1. The molecule has 0 radical (unpaired) electrons. The monoisotopic (exact) mass is 473 g/mol. The number of carbonyl (C=O) groups excluding carboxylic acids is 3. The number of carboxylic acid groups (broad SMARTS) is 1. The summed E-state index contributed by atoms with van der Waals surface area (Å²) in [5.41, 5.74) is 6.29. The molecule has 0 heterocycles. The first-order valence-corrected chi connectivity index (χ1v) is 12.3. The Hall–Kier alpha value is -3.27. The van der Waals surface area contributed by atoms with Crippen molar-refractivity contribution in [2.45, 2.75) is 79.6 Å². The Bertz CT molecular complexity index is 1120. The molecule has 0 aromatic heterocycles. The van der Waals surface area contributed by atoms with E-state index in [0.29, 0.717) is 35.1 Å². The van der Waals surface area contributed by atoms with E-state index in [2.05, 4.69) is 39.0 Å². The van der Waals surface area contributed by atoms with Crippen LogP contribution in [-0.2, 0) is 4.79 Å². The van der Waals surface area contributed by atoms with Crippen LogP contribution in [0.3, 0.4) is 0 Å². The number of carbonyl (C=O) groups is 3. The Morgan fingerprint density at radius 2 is 1.20 bits per heavy atom. The molecule has 0 saturated carbocycles. The smallest absolute Gasteiger partial charge is 0.190 e. The molecular formula is C31H37O4-. The molecule has 1 aromatic carbocycles. The van der Waals surface area contributed by atoms with Crippen LogP contribution in [0.25, 0.3) is 0 Å². The van der Waals surface area contributed by atoms with Crippen molar-refractivity contribution in [1.82, 2.24) is 0 Å². The van der Waals surface area contributed by atoms with Gasteiger partial charge in [0.2, 0.25) is 0 Å². The lowest BCUT2D eigenvalue weighted by Gasteiger charge is -2.18. The maximum absolute atomic E-state index is 12.9. The molecule has 0 saturated heterocycles. The summed E-state index contributed by atoms with van der Waals surface area (Å²) < 4.78 is 0. The van der Waals surface area contributed by atoms with E-state index in [1.807, 2.05) is 0 Å². The zero-order valence-electron chi connectivity index (χ0n) is 21.7. The minimum Gasteiger partial charge on any atom is -0.545 e. The van der Waals surface area contributed by atoms with Gasteiger partial charge in [-0.05, 0) is 85.1 Å². The van der Waals surface area contributed by atoms with Crippen molar-refractivity contribution in [1.29, 1.82) is 0 Å². The molecule has 35 heavy (non-hydrogen) atoms. The van der Waals surface area contributed by atoms with Gasteiger partial charge in [-0.3, -0.25) is 9.59 Å². The Balaban J connectivity index is 1.80. The lowest BCUT2D eigenvalue weighted by atomic mass is 9.83. The molecule has 1 aliphatic rings. The molecule has 0 fully saturated rings. The highest BCUT2D eigenvalue weighted by Gasteiger charge is 2.28. The zero-order chi connectivity index (χ0) is 26.0. The normalized spacial score (nSPS) is 15.6. The number of hydrogen-bond acceptors (Lipinski definition) is 4. The van der Waals surface area contributed by atoms with E-state index in [9.17, 15) is 19.5 Å². The van der Waals surface area contributed by atoms with Gasteiger partial charge in [-0.2, -0.15) is 0 Å². The summed E-state index contributed by atoms with van der Waals surface area (Å²) in [6.07, 6.45) is 14.2. The largest absolute Gasteiger partial charge is 0.545 e. The van der Waals surface area contributed by atoms with Gasteiger partial charge in [0.1, 0.15) is 0 Å². The van der Waals surface area contributed by atoms with E-state index in [1.165, 1.54) is 16.7 Å². The first-order valence-electron chi connectivity index (χ1n) is 12.3. The SMILES string of the molecule is CC1=C(C/C=C(\C)CC/C=C(\C)CC/C=C(\C)CC/C=C(\C)C(=O)[O-])C(=O)c2ccccc2C1=O. The molecule has 1 aromatic rings. The number of allylic oxidation sites excluding steroid dienone is 9. The summed E-state index contributed by atoms with van der Waals surface area (Å²) in [4.78, 5) is 36.2. The molecule has 186 valence electrons. The Morgan fingerprint density at radius 3 is 1.71 bits per heavy atom. The second-order valence-corrected chi connectivity index (χ2v) is 9.45. The topological polar surface area (TPSA) is 74.3 Å². The summed E-state index contributed by atoms with van der Waals surface area (Å²) in [6, 6.07) is 7.05. The van der Waals surface area contributed by atoms with E-state index < -0.39 is 5.97 Å². The van der Waals surface area contributed by atoms with Crippen molar-refractivity contribution in [2.75, 3.05) is 0 Å². The van der Waals surface area contributed by atoms with Crippen molar-refractivity contribution in [3.05, 3.63) is 93.1 Å². The summed E-state index contributed by atoms with van der Waals surface area (Å²) in [7, 11) is 0. The Labute approximate surface area is 209 Å². The maximum atomic E-state index is 12.9. The molecule has 2 rings (SSSR count). The van der Waals surface area contributed by atoms with Crippen molar-refractivity contribution in [3.63, 3.8) is 0 Å². The van der Waals surface area contributed by atoms with Gasteiger partial charge < -0.3 is 9.90 Å². The highest BCUT2D eigenvalue weighted by Crippen LogP contribution is 2.28. The fourth-order valence-corrected chi connectivity index (χ4v) is 4.07. The molecule has 4 heteroatoms. The van der Waals surface area contributed by atoms with Gasteiger partial charge in [0.05, 0.1) is 5.97 Å². The molecule has 0 atom stereocenters. The predicted octanol–water partition coefficient (Wildman–Crippen LogP) is 6.65. The fraction of sp³-hybridized carbons (Fsp3) is 0.387. The fourth-order valence-electron chi connectivity index (χ4n) is 4.07. The summed E-state index contributed by atoms with van der Waals surface area (Å²) in [5, 5.41) is 10.7. The van der Waals surface area contributed by atoms with E-state index in [4.69, 9.17) is 0 Å². The van der Waals surface area contributed by atoms with Gasteiger partial charge in [0, 0.05) is 22.3 Å². The van der Waals surface area contributed by atoms with E-state index >= 15 is 0 Å². The minimum absolute atomic E-state index is 0.0362. The number of ketones is 2. The lowest BCUT2D eigenvalue weighted by molar-refractivity contribution is -0.299. The maximum Gasteiger partial charge on any atom is 0.190 e. The van der Waals surface area contributed by atoms with Crippen LogP contribution in [-0.4, -0.2) is 17.5 Å². The third-order valence-electron chi connectivity index (χ3n) is 6.51. The third kappa shape index (κ3) is 8.47. The molecular weight excluding hydrogens is 436 g/mol. The van der Waals surface area contributed by atoms with Crippen molar-refractivity contribution in [2.24, 2.45) is 0 Å². The highest BCUT2D eigenvalue weighted by molar-refractivity contribution is 6.26. The predicted molar refractivity (Wildman–Crippen MR) is 140 cm³/mol. The van der Waals surface area contributed by atoms with Gasteiger partial charge in [-0.1, -0.05) is 65.3 Å². The molecule has 1 aliphatic carbocycles. The van der Waals surface area contributed by atoms with Crippen molar-refractivity contribution in [3.8, 4) is 0 Å². The van der Waals surface area contributed by atoms with Crippen LogP contribution in [0, 0.1) is 0 Å². The molecule has 0 N–H and O–H groups in total. The number of carboxylic acids is 1. The van der Waals surface area contributed by atoms with Crippen LogP contribution in [0.4, 0.5) is 0 Å². The van der Waals surface area contributed by atoms with Crippen LogP contribution >= 0.6 is 0 Å². The number of hydrogen-bond donors (Lipinski definition) is 0. The highest BCUT2D eigenvalue weighted by atomic mass is 16.4. The standard InChI is InChI=1S/C31H38O4/c1-21(11-8-12-22(2)15-10-16-24(4)31(34)35)13-9-14-23(3)19-20-26-25(5)29(32)27-17-6-7-18-28(27)30(26)33/h6-7,12-13,16-19H,8-11,14-15,20H2,1-5H3,(H,34,35)/p-1/b21-13+,22-12+,23-19+,24-16+. The van der Waals surface area contributed by atoms with Crippen molar-refractivity contribution >= 4 is 17.5 Å². The molecule has 0 aliphatic heterocycles. The van der Waals surface area contributed by atoms with Gasteiger partial charge in [-0.25, -0.2) is 0 Å². The Morgan fingerprint density at radius 1 is 0.743 bits per heavy atom. The Kier molecular flexibility index (Phi) is 10.8. The summed E-state index contributed by atoms with van der Waals surface area (Å²) >= 11 is 0. The zero-order valence-corrected chi connectivity index (χ0v) is 21.7. The van der Waals surface area contributed by atoms with Gasteiger partial charge in [0.25, 0.3) is 0 Å². The number of Topliss-reactive ketones (excluding diaryl/α,β-unsaturated/α-hetero) is 2. The lowest BCUT2D eigenvalue weighted by Crippen LogP contribution is -2.22. The van der Waals surface area contributed by atoms with Gasteiger partial charge in [-0.15, -0.1) is 0 Å². The van der Waals surface area contributed by atoms with Crippen LogP contribution in [0.2, 0.25) is 0 Å². The summed E-state index contributed by atoms with van der Waals surface area (Å²) in [6.45, 7) is 9.61. The number of benzene rings is 1. The van der Waals surface area contributed by atoms with Crippen LogP contribution in [0.15, 0.2) is 82.0 Å².